The molecule has 0 spiro atoms. The Labute approximate surface area is 143 Å². The first kappa shape index (κ1) is 17.0. The minimum absolute atomic E-state index is 0.0376. The minimum atomic E-state index is -0.517. The largest absolute Gasteiger partial charge is 0.487 e. The molecule has 3 rings (SSSR count). The summed E-state index contributed by atoms with van der Waals surface area (Å²) in [6.45, 7) is 3.67. The van der Waals surface area contributed by atoms with Crippen molar-refractivity contribution in [3.8, 4) is 5.75 Å². The van der Waals surface area contributed by atoms with Gasteiger partial charge < -0.3 is 25.4 Å². The van der Waals surface area contributed by atoms with Crippen LogP contribution in [-0.2, 0) is 6.42 Å². The van der Waals surface area contributed by atoms with Gasteiger partial charge >= 0.3 is 6.03 Å². The maximum absolute atomic E-state index is 11.6. The number of para-hydroxylation sites is 1. The summed E-state index contributed by atoms with van der Waals surface area (Å²) in [6, 6.07) is 8.06. The van der Waals surface area contributed by atoms with Crippen LogP contribution in [0.5, 0.6) is 5.75 Å². The number of nitrogens with one attached hydrogen (secondary N) is 2. The second kappa shape index (κ2) is 8.35. The summed E-state index contributed by atoms with van der Waals surface area (Å²) in [5.41, 5.74) is 1.22. The second-order valence-corrected chi connectivity index (χ2v) is 6.50. The standard InChI is InChI=1S/C18H27N3O3/c22-15(17-8-7-14-5-1-2-6-16(14)24-17)13-19-9-3-11-21-12-4-10-20-18(21)23/h1-2,5-6,15,17,19,22H,3-4,7-13H2,(H,20,23)/t15-,17-/m1/s1. The van der Waals surface area contributed by atoms with Gasteiger partial charge in [-0.1, -0.05) is 18.2 Å². The third-order valence-corrected chi connectivity index (χ3v) is 4.68. The van der Waals surface area contributed by atoms with Crippen LogP contribution < -0.4 is 15.4 Å². The molecule has 1 saturated heterocycles. The predicted molar refractivity (Wildman–Crippen MR) is 92.3 cm³/mol. The molecule has 24 heavy (non-hydrogen) atoms. The van der Waals surface area contributed by atoms with Crippen LogP contribution in [0.15, 0.2) is 24.3 Å². The number of aliphatic hydroxyl groups excluding tert-OH is 1. The number of carbonyl (C=O) groups is 1. The Hall–Kier alpha value is -1.79. The van der Waals surface area contributed by atoms with E-state index in [4.69, 9.17) is 4.74 Å². The van der Waals surface area contributed by atoms with Crippen LogP contribution in [0.1, 0.15) is 24.8 Å². The highest BCUT2D eigenvalue weighted by atomic mass is 16.5. The van der Waals surface area contributed by atoms with Crippen molar-refractivity contribution in [1.29, 1.82) is 0 Å². The number of carbonyl (C=O) groups excluding carboxylic acids is 1. The smallest absolute Gasteiger partial charge is 0.317 e. The third-order valence-electron chi connectivity index (χ3n) is 4.68. The van der Waals surface area contributed by atoms with Crippen molar-refractivity contribution in [3.05, 3.63) is 29.8 Å². The van der Waals surface area contributed by atoms with Gasteiger partial charge in [0.1, 0.15) is 18.0 Å². The van der Waals surface area contributed by atoms with Crippen LogP contribution in [0.4, 0.5) is 4.79 Å². The monoisotopic (exact) mass is 333 g/mol. The maximum atomic E-state index is 11.6. The first-order valence-corrected chi connectivity index (χ1v) is 8.90. The zero-order valence-corrected chi connectivity index (χ0v) is 14.0. The topological polar surface area (TPSA) is 73.8 Å². The number of fused-ring (bicyclic) bond motifs is 1. The summed E-state index contributed by atoms with van der Waals surface area (Å²) in [5.74, 6) is 0.893. The number of hydrogen-bond acceptors (Lipinski definition) is 4. The van der Waals surface area contributed by atoms with E-state index in [1.807, 2.05) is 23.1 Å². The minimum Gasteiger partial charge on any atom is -0.487 e. The lowest BCUT2D eigenvalue weighted by atomic mass is 9.99. The summed E-state index contributed by atoms with van der Waals surface area (Å²) in [4.78, 5) is 13.5. The Morgan fingerprint density at radius 2 is 2.29 bits per heavy atom. The first-order chi connectivity index (χ1) is 11.7. The molecule has 1 fully saturated rings. The highest BCUT2D eigenvalue weighted by Crippen LogP contribution is 2.28. The van der Waals surface area contributed by atoms with Crippen molar-refractivity contribution in [2.24, 2.45) is 0 Å². The number of aliphatic hydroxyl groups is 1. The summed E-state index contributed by atoms with van der Waals surface area (Å²) in [6.07, 6.45) is 3.01. The van der Waals surface area contributed by atoms with Crippen LogP contribution >= 0.6 is 0 Å². The van der Waals surface area contributed by atoms with Crippen molar-refractivity contribution in [2.45, 2.75) is 37.9 Å². The van der Waals surface area contributed by atoms with Crippen molar-refractivity contribution in [3.63, 3.8) is 0 Å². The van der Waals surface area contributed by atoms with E-state index in [9.17, 15) is 9.90 Å². The quantitative estimate of drug-likeness (QED) is 0.654. The van der Waals surface area contributed by atoms with E-state index in [0.717, 1.165) is 57.6 Å². The number of rotatable bonds is 7. The molecule has 0 saturated carbocycles. The second-order valence-electron chi connectivity index (χ2n) is 6.50. The molecule has 2 aliphatic rings. The van der Waals surface area contributed by atoms with Gasteiger partial charge in [-0.05, 0) is 43.9 Å². The van der Waals surface area contributed by atoms with Crippen LogP contribution in [0.25, 0.3) is 0 Å². The lowest BCUT2D eigenvalue weighted by molar-refractivity contribution is 0.0246. The van der Waals surface area contributed by atoms with Gasteiger partial charge in [-0.15, -0.1) is 0 Å². The zero-order chi connectivity index (χ0) is 16.8. The van der Waals surface area contributed by atoms with Crippen molar-refractivity contribution >= 4 is 6.03 Å². The molecule has 0 aliphatic carbocycles. The molecule has 6 heteroatoms. The van der Waals surface area contributed by atoms with Gasteiger partial charge in [-0.3, -0.25) is 0 Å². The first-order valence-electron chi connectivity index (χ1n) is 8.90. The van der Waals surface area contributed by atoms with Crippen LogP contribution in [-0.4, -0.2) is 61.0 Å². The number of amides is 2. The molecule has 6 nitrogen and oxygen atoms in total. The van der Waals surface area contributed by atoms with E-state index in [-0.39, 0.29) is 12.1 Å². The molecule has 1 aromatic carbocycles. The Morgan fingerprint density at radius 3 is 3.17 bits per heavy atom. The molecule has 0 aromatic heterocycles. The predicted octanol–water partition coefficient (Wildman–Crippen LogP) is 1.14. The van der Waals surface area contributed by atoms with E-state index in [1.165, 1.54) is 5.56 Å². The number of nitrogens with zero attached hydrogens (tertiary/aromatic N) is 1. The number of ether oxygens (including phenoxy) is 1. The Kier molecular flexibility index (Phi) is 5.93. The summed E-state index contributed by atoms with van der Waals surface area (Å²) in [5, 5.41) is 16.5. The molecule has 132 valence electrons. The average Bonchev–Trinajstić information content (AvgIpc) is 2.62. The van der Waals surface area contributed by atoms with Gasteiger partial charge in [-0.2, -0.15) is 0 Å². The van der Waals surface area contributed by atoms with Crippen LogP contribution in [0.2, 0.25) is 0 Å². The SMILES string of the molecule is O=C1NCCCN1CCCNC[C@@H](O)[C@H]1CCc2ccccc2O1. The molecule has 2 amide bonds. The van der Waals surface area contributed by atoms with Gasteiger partial charge in [0.2, 0.25) is 0 Å². The van der Waals surface area contributed by atoms with E-state index in [2.05, 4.69) is 16.7 Å². The highest BCUT2D eigenvalue weighted by Gasteiger charge is 2.25. The molecular formula is C18H27N3O3. The Morgan fingerprint density at radius 1 is 1.42 bits per heavy atom. The van der Waals surface area contributed by atoms with Gasteiger partial charge in [0.25, 0.3) is 0 Å². The van der Waals surface area contributed by atoms with Gasteiger partial charge in [0, 0.05) is 26.2 Å². The molecule has 0 unspecified atom stereocenters. The summed E-state index contributed by atoms with van der Waals surface area (Å²) >= 11 is 0. The molecule has 1 aromatic rings. The lowest BCUT2D eigenvalue weighted by Gasteiger charge is -2.30. The fraction of sp³-hybridized carbons (Fsp3) is 0.611. The van der Waals surface area contributed by atoms with Crippen molar-refractivity contribution in [2.75, 3.05) is 32.7 Å². The maximum Gasteiger partial charge on any atom is 0.317 e. The average molecular weight is 333 g/mol. The Bertz CT molecular complexity index is 552. The number of hydrogen-bond donors (Lipinski definition) is 3. The third kappa shape index (κ3) is 4.39. The van der Waals surface area contributed by atoms with Crippen molar-refractivity contribution in [1.82, 2.24) is 15.5 Å². The van der Waals surface area contributed by atoms with Crippen LogP contribution in [0.3, 0.4) is 0 Å². The van der Waals surface area contributed by atoms with Crippen LogP contribution in [0, 0.1) is 0 Å². The van der Waals surface area contributed by atoms with Gasteiger partial charge in [0.15, 0.2) is 0 Å². The summed E-state index contributed by atoms with van der Waals surface area (Å²) < 4.78 is 5.91. The fourth-order valence-corrected chi connectivity index (χ4v) is 3.28. The molecule has 2 atom stereocenters. The highest BCUT2D eigenvalue weighted by molar-refractivity contribution is 5.74. The molecular weight excluding hydrogens is 306 g/mol. The molecule has 0 bridgehead atoms. The zero-order valence-electron chi connectivity index (χ0n) is 14.0. The molecule has 0 radical (unpaired) electrons. The Balaban J connectivity index is 1.33. The van der Waals surface area contributed by atoms with E-state index in [0.29, 0.717) is 6.54 Å². The molecule has 3 N–H and O–H groups in total. The normalized spacial score (nSPS) is 21.6. The fourth-order valence-electron chi connectivity index (χ4n) is 3.28. The van der Waals surface area contributed by atoms with Gasteiger partial charge in [0.05, 0.1) is 0 Å². The van der Waals surface area contributed by atoms with E-state index in [1.54, 1.807) is 0 Å². The van der Waals surface area contributed by atoms with Crippen molar-refractivity contribution < 1.29 is 14.6 Å². The number of benzene rings is 1. The van der Waals surface area contributed by atoms with Gasteiger partial charge in [-0.25, -0.2) is 4.79 Å². The summed E-state index contributed by atoms with van der Waals surface area (Å²) in [7, 11) is 0. The van der Waals surface area contributed by atoms with E-state index >= 15 is 0 Å². The number of urea groups is 1. The molecule has 2 aliphatic heterocycles. The van der Waals surface area contributed by atoms with E-state index < -0.39 is 6.10 Å². The molecule has 2 heterocycles. The lowest BCUT2D eigenvalue weighted by Crippen LogP contribution is -2.47. The number of aryl methyl sites for hydroxylation is 1.